The van der Waals surface area contributed by atoms with E-state index < -0.39 is 23.1 Å². The second kappa shape index (κ2) is 12.8. The van der Waals surface area contributed by atoms with Gasteiger partial charge in [-0.25, -0.2) is 4.79 Å². The summed E-state index contributed by atoms with van der Waals surface area (Å²) < 4.78 is 6.06. The fourth-order valence-electron chi connectivity index (χ4n) is 5.39. The van der Waals surface area contributed by atoms with E-state index in [-0.39, 0.29) is 28.9 Å². The van der Waals surface area contributed by atoms with Gasteiger partial charge in [0, 0.05) is 41.3 Å². The molecular weight excluding hydrogens is 610 g/mol. The standard InChI is InChI=1S/C33H29N5O7S/c1-45-23-13-7-19(8-14-23)18-37-16-15-24-26(33(43)44)30(36-38-31(41)32(38)42)46-27(24)25(37)17-34-28(39)21-9-11-22(12-10-21)35-29(40)20-5-3-2-4-6-20/h2-14,25,36H,15-18H2,1H3,(H,34,39)(H,35,40)(H,43,44). The molecular formula is C33H29N5O7S. The summed E-state index contributed by atoms with van der Waals surface area (Å²) in [6.07, 6.45) is 0.424. The van der Waals surface area contributed by atoms with Crippen molar-refractivity contribution < 1.29 is 24.2 Å². The van der Waals surface area contributed by atoms with E-state index in [0.29, 0.717) is 41.9 Å². The SMILES string of the molecule is COc1ccc(CN2CCc3c(sc(Nn4c(=O)c4=O)c3C(=O)O)C2CNC(=O)c2ccc(NC(=O)c3ccccc3)cc2)cc1. The Hall–Kier alpha value is -5.53. The Kier molecular flexibility index (Phi) is 8.51. The van der Waals surface area contributed by atoms with Gasteiger partial charge >= 0.3 is 17.1 Å². The van der Waals surface area contributed by atoms with Gasteiger partial charge in [0.1, 0.15) is 10.8 Å². The molecule has 234 valence electrons. The maximum absolute atomic E-state index is 13.3. The van der Waals surface area contributed by atoms with Crippen LogP contribution in [-0.4, -0.2) is 52.7 Å². The number of rotatable bonds is 11. The van der Waals surface area contributed by atoms with E-state index in [0.717, 1.165) is 32.2 Å². The first-order valence-corrected chi connectivity index (χ1v) is 15.2. The summed E-state index contributed by atoms with van der Waals surface area (Å²) in [4.78, 5) is 64.3. The van der Waals surface area contributed by atoms with Crippen LogP contribution in [0, 0.1) is 0 Å². The van der Waals surface area contributed by atoms with Crippen molar-refractivity contribution in [1.29, 1.82) is 0 Å². The monoisotopic (exact) mass is 639 g/mol. The third-order valence-corrected chi connectivity index (χ3v) is 9.08. The summed E-state index contributed by atoms with van der Waals surface area (Å²) in [5, 5.41) is 16.1. The Morgan fingerprint density at radius 3 is 2.22 bits per heavy atom. The average molecular weight is 640 g/mol. The molecule has 0 fully saturated rings. The molecule has 0 saturated carbocycles. The molecule has 0 spiro atoms. The lowest BCUT2D eigenvalue weighted by molar-refractivity contribution is 0.0694. The van der Waals surface area contributed by atoms with Gasteiger partial charge in [-0.1, -0.05) is 30.3 Å². The largest absolute Gasteiger partial charge is 0.497 e. The third-order valence-electron chi connectivity index (χ3n) is 7.84. The van der Waals surface area contributed by atoms with Crippen LogP contribution < -0.4 is 31.9 Å². The van der Waals surface area contributed by atoms with E-state index in [1.54, 1.807) is 55.6 Å². The third kappa shape index (κ3) is 6.32. The number of nitrogens with zero attached hydrogens (tertiary/aromatic N) is 2. The average Bonchev–Trinajstić information content (AvgIpc) is 3.44. The molecule has 0 saturated heterocycles. The van der Waals surface area contributed by atoms with E-state index in [9.17, 15) is 29.1 Å². The van der Waals surface area contributed by atoms with Gasteiger partial charge in [0.15, 0.2) is 0 Å². The molecule has 3 heterocycles. The molecule has 1 unspecified atom stereocenters. The molecule has 0 bridgehead atoms. The van der Waals surface area contributed by atoms with Crippen molar-refractivity contribution in [2.45, 2.75) is 19.0 Å². The molecule has 1 aliphatic rings. The zero-order chi connectivity index (χ0) is 32.4. The Morgan fingerprint density at radius 2 is 1.59 bits per heavy atom. The van der Waals surface area contributed by atoms with Crippen molar-refractivity contribution >= 4 is 39.8 Å². The first-order valence-electron chi connectivity index (χ1n) is 14.4. The van der Waals surface area contributed by atoms with Crippen molar-refractivity contribution in [3.63, 3.8) is 0 Å². The first-order chi connectivity index (χ1) is 22.2. The van der Waals surface area contributed by atoms with Crippen LogP contribution in [0.1, 0.15) is 53.1 Å². The summed E-state index contributed by atoms with van der Waals surface area (Å²) >= 11 is 1.15. The maximum Gasteiger partial charge on any atom is 0.340 e. The van der Waals surface area contributed by atoms with E-state index in [4.69, 9.17) is 4.74 Å². The van der Waals surface area contributed by atoms with Crippen LogP contribution in [0.25, 0.3) is 0 Å². The van der Waals surface area contributed by atoms with Crippen LogP contribution in [0.2, 0.25) is 0 Å². The normalized spacial score (nSPS) is 14.4. The van der Waals surface area contributed by atoms with Crippen molar-refractivity contribution in [3.8, 4) is 5.75 Å². The van der Waals surface area contributed by atoms with E-state index in [1.807, 2.05) is 30.3 Å². The van der Waals surface area contributed by atoms with Crippen molar-refractivity contribution in [2.24, 2.45) is 0 Å². The fourth-order valence-corrected chi connectivity index (χ4v) is 6.75. The maximum atomic E-state index is 13.3. The number of amides is 2. The van der Waals surface area contributed by atoms with Crippen LogP contribution in [0.15, 0.2) is 88.5 Å². The summed E-state index contributed by atoms with van der Waals surface area (Å²) in [6.45, 7) is 1.19. The predicted octanol–water partition coefficient (Wildman–Crippen LogP) is 3.51. The van der Waals surface area contributed by atoms with Crippen LogP contribution in [0.3, 0.4) is 0 Å². The Bertz CT molecular complexity index is 1950. The molecule has 4 N–H and O–H groups in total. The Morgan fingerprint density at radius 1 is 0.913 bits per heavy atom. The van der Waals surface area contributed by atoms with E-state index >= 15 is 0 Å². The lowest BCUT2D eigenvalue weighted by atomic mass is 9.96. The molecule has 6 rings (SSSR count). The minimum atomic E-state index is -1.17. The van der Waals surface area contributed by atoms with Gasteiger partial charge in [0.2, 0.25) is 0 Å². The number of carboxylic acids is 1. The fraction of sp³-hybridized carbons (Fsp3) is 0.182. The lowest BCUT2D eigenvalue weighted by Crippen LogP contribution is -2.41. The zero-order valence-corrected chi connectivity index (χ0v) is 25.4. The number of hydrogen-bond acceptors (Lipinski definition) is 9. The van der Waals surface area contributed by atoms with Crippen molar-refractivity contribution in [3.05, 3.63) is 132 Å². The number of aromatic carboxylic acids is 1. The number of methoxy groups -OCH3 is 1. The first kappa shape index (κ1) is 30.5. The summed E-state index contributed by atoms with van der Waals surface area (Å²) in [5.74, 6) is -1.06. The Balaban J connectivity index is 1.22. The molecule has 0 radical (unpaired) electrons. The topological polar surface area (TPSA) is 159 Å². The van der Waals surface area contributed by atoms with E-state index in [1.165, 1.54) is 0 Å². The number of benzene rings is 3. The predicted molar refractivity (Wildman–Crippen MR) is 173 cm³/mol. The van der Waals surface area contributed by atoms with Gasteiger partial charge < -0.3 is 20.5 Å². The second-order valence-electron chi connectivity index (χ2n) is 10.7. The molecule has 13 heteroatoms. The van der Waals surface area contributed by atoms with Crippen LogP contribution in [0.5, 0.6) is 5.75 Å². The molecule has 2 amide bonds. The highest BCUT2D eigenvalue weighted by molar-refractivity contribution is 7.16. The Labute approximate surface area is 266 Å². The number of thiophene rings is 1. The molecule has 3 aromatic carbocycles. The van der Waals surface area contributed by atoms with Gasteiger partial charge in [-0.3, -0.25) is 29.5 Å². The number of carbonyl (C=O) groups is 3. The number of hydrogen-bond donors (Lipinski definition) is 4. The van der Waals surface area contributed by atoms with Crippen LogP contribution >= 0.6 is 11.3 Å². The van der Waals surface area contributed by atoms with E-state index in [2.05, 4.69) is 21.0 Å². The highest BCUT2D eigenvalue weighted by Crippen LogP contribution is 2.43. The smallest absolute Gasteiger partial charge is 0.340 e. The van der Waals surface area contributed by atoms with Crippen molar-refractivity contribution in [2.75, 3.05) is 30.9 Å². The van der Waals surface area contributed by atoms with Gasteiger partial charge in [-0.05, 0) is 66.1 Å². The van der Waals surface area contributed by atoms with Gasteiger partial charge in [0.25, 0.3) is 11.8 Å². The number of fused-ring (bicyclic) bond motifs is 1. The number of nitrogens with one attached hydrogen (secondary N) is 3. The number of anilines is 2. The van der Waals surface area contributed by atoms with Crippen LogP contribution in [-0.2, 0) is 13.0 Å². The minimum absolute atomic E-state index is 0.0149. The van der Waals surface area contributed by atoms with Gasteiger partial charge in [-0.2, -0.15) is 4.68 Å². The minimum Gasteiger partial charge on any atom is -0.497 e. The molecule has 12 nitrogen and oxygen atoms in total. The molecule has 0 aliphatic carbocycles. The summed E-state index contributed by atoms with van der Waals surface area (Å²) in [5.41, 5.74) is 4.24. The molecule has 2 aromatic heterocycles. The number of carboxylic acid groups (broad SMARTS) is 1. The molecule has 5 aromatic rings. The van der Waals surface area contributed by atoms with Gasteiger partial charge in [-0.15, -0.1) is 11.3 Å². The van der Waals surface area contributed by atoms with Gasteiger partial charge in [0.05, 0.1) is 18.7 Å². The summed E-state index contributed by atoms with van der Waals surface area (Å²) in [7, 11) is 1.59. The zero-order valence-electron chi connectivity index (χ0n) is 24.6. The quantitative estimate of drug-likeness (QED) is 0.159. The van der Waals surface area contributed by atoms with Crippen molar-refractivity contribution in [1.82, 2.24) is 14.9 Å². The van der Waals surface area contributed by atoms with Crippen LogP contribution in [0.4, 0.5) is 10.7 Å². The number of ether oxygens (including phenoxy) is 1. The highest BCUT2D eigenvalue weighted by atomic mass is 32.1. The number of aromatic nitrogens is 1. The summed E-state index contributed by atoms with van der Waals surface area (Å²) in [6, 6.07) is 22.5. The molecule has 46 heavy (non-hydrogen) atoms. The lowest BCUT2D eigenvalue weighted by Gasteiger charge is -2.36. The molecule has 1 atom stereocenters. The highest BCUT2D eigenvalue weighted by Gasteiger charge is 2.36. The molecule has 1 aliphatic heterocycles. The number of carbonyl (C=O) groups excluding carboxylic acids is 2. The second-order valence-corrected chi connectivity index (χ2v) is 11.8.